The molecule has 2 amide bonds. The summed E-state index contributed by atoms with van der Waals surface area (Å²) in [5.74, 6) is 0.453. The molecule has 32 heavy (non-hydrogen) atoms. The first-order chi connectivity index (χ1) is 15.3. The average Bonchev–Trinajstić information content (AvgIpc) is 2.78. The molecule has 0 saturated carbocycles. The highest BCUT2D eigenvalue weighted by atomic mass is 16.5. The fourth-order valence-electron chi connectivity index (χ4n) is 2.99. The second-order valence-corrected chi connectivity index (χ2v) is 7.59. The van der Waals surface area contributed by atoms with Gasteiger partial charge < -0.3 is 20.5 Å². The molecule has 0 radical (unpaired) electrons. The van der Waals surface area contributed by atoms with Gasteiger partial charge in [0.15, 0.2) is 17.5 Å². The summed E-state index contributed by atoms with van der Waals surface area (Å²) in [5.41, 5.74) is 7.84. The molecular formula is C24H32N4O4. The van der Waals surface area contributed by atoms with Crippen molar-refractivity contribution in [3.63, 3.8) is 0 Å². The number of nitrogens with zero attached hydrogens (tertiary/aromatic N) is 1. The largest absolute Gasteiger partial charge is 0.493 e. The second kappa shape index (κ2) is 12.3. The van der Waals surface area contributed by atoms with Gasteiger partial charge in [0.25, 0.3) is 0 Å². The van der Waals surface area contributed by atoms with E-state index in [9.17, 15) is 9.59 Å². The summed E-state index contributed by atoms with van der Waals surface area (Å²) in [6.07, 6.45) is 0.967. The Morgan fingerprint density at radius 1 is 0.969 bits per heavy atom. The van der Waals surface area contributed by atoms with Crippen LogP contribution >= 0.6 is 0 Å². The van der Waals surface area contributed by atoms with Gasteiger partial charge in [0.2, 0.25) is 11.8 Å². The smallest absolute Gasteiger partial charge is 0.245 e. The van der Waals surface area contributed by atoms with E-state index in [4.69, 9.17) is 15.2 Å². The van der Waals surface area contributed by atoms with Gasteiger partial charge >= 0.3 is 0 Å². The number of methoxy groups -OCH3 is 2. The lowest BCUT2D eigenvalue weighted by molar-refractivity contribution is -0.123. The summed E-state index contributed by atoms with van der Waals surface area (Å²) in [7, 11) is 3.17. The Labute approximate surface area is 189 Å². The van der Waals surface area contributed by atoms with Crippen LogP contribution in [0.4, 0.5) is 0 Å². The third-order valence-corrected chi connectivity index (χ3v) is 4.81. The summed E-state index contributed by atoms with van der Waals surface area (Å²) in [5, 5.41) is 5.45. The van der Waals surface area contributed by atoms with Gasteiger partial charge in [-0.1, -0.05) is 50.2 Å². The number of carbonyl (C=O) groups excluding carboxylic acids is 2. The molecule has 0 fully saturated rings. The summed E-state index contributed by atoms with van der Waals surface area (Å²) < 4.78 is 10.6. The molecule has 0 bridgehead atoms. The van der Waals surface area contributed by atoms with E-state index in [1.54, 1.807) is 28.1 Å². The lowest BCUT2D eigenvalue weighted by Gasteiger charge is -2.15. The minimum atomic E-state index is -0.768. The molecular weight excluding hydrogens is 408 g/mol. The number of aliphatic imine (C=N–C) groups is 1. The minimum Gasteiger partial charge on any atom is -0.493 e. The summed E-state index contributed by atoms with van der Waals surface area (Å²) in [6, 6.07) is 14.4. The first-order valence-electron chi connectivity index (χ1n) is 10.5. The molecule has 2 aromatic rings. The van der Waals surface area contributed by atoms with Crippen molar-refractivity contribution in [2.75, 3.05) is 20.8 Å². The Balaban J connectivity index is 2.06. The lowest BCUT2D eigenvalue weighted by atomic mass is 10.1. The van der Waals surface area contributed by atoms with E-state index in [1.165, 1.54) is 0 Å². The van der Waals surface area contributed by atoms with Gasteiger partial charge in [-0.25, -0.2) is 4.99 Å². The van der Waals surface area contributed by atoms with Crippen molar-refractivity contribution in [1.29, 1.82) is 0 Å². The van der Waals surface area contributed by atoms with Gasteiger partial charge in [-0.2, -0.15) is 0 Å². The number of ether oxygens (including phenoxy) is 2. The predicted molar refractivity (Wildman–Crippen MR) is 125 cm³/mol. The van der Waals surface area contributed by atoms with Crippen LogP contribution in [0.2, 0.25) is 0 Å². The molecule has 8 nitrogen and oxygen atoms in total. The molecule has 0 spiro atoms. The van der Waals surface area contributed by atoms with Crippen molar-refractivity contribution in [2.24, 2.45) is 16.6 Å². The minimum absolute atomic E-state index is 0.0697. The number of hydrogen-bond acceptors (Lipinski definition) is 5. The zero-order valence-electron chi connectivity index (χ0n) is 19.1. The van der Waals surface area contributed by atoms with Gasteiger partial charge in [0, 0.05) is 18.9 Å². The van der Waals surface area contributed by atoms with E-state index >= 15 is 0 Å². The number of carbonyl (C=O) groups is 2. The highest BCUT2D eigenvalue weighted by Gasteiger charge is 2.19. The van der Waals surface area contributed by atoms with Crippen molar-refractivity contribution in [1.82, 2.24) is 10.6 Å². The third-order valence-electron chi connectivity index (χ3n) is 4.81. The molecule has 0 saturated heterocycles. The Bertz CT molecular complexity index is 929. The van der Waals surface area contributed by atoms with Crippen LogP contribution in [-0.4, -0.2) is 44.6 Å². The number of benzene rings is 2. The summed E-state index contributed by atoms with van der Waals surface area (Å²) in [6.45, 7) is 3.92. The van der Waals surface area contributed by atoms with Gasteiger partial charge in [-0.05, 0) is 29.7 Å². The van der Waals surface area contributed by atoms with Gasteiger partial charge in [-0.3, -0.25) is 14.9 Å². The van der Waals surface area contributed by atoms with E-state index in [0.717, 1.165) is 11.1 Å². The van der Waals surface area contributed by atoms with E-state index in [2.05, 4.69) is 15.6 Å². The maximum atomic E-state index is 12.9. The first-order valence-corrected chi connectivity index (χ1v) is 10.5. The Hall–Kier alpha value is -3.55. The molecule has 8 heteroatoms. The number of amides is 2. The molecule has 0 heterocycles. The third kappa shape index (κ3) is 7.61. The quantitative estimate of drug-likeness (QED) is 0.386. The molecule has 2 rings (SSSR count). The molecule has 1 atom stereocenters. The first kappa shape index (κ1) is 24.7. The number of guanidine groups is 1. The Kier molecular flexibility index (Phi) is 9.53. The molecule has 0 aliphatic carbocycles. The van der Waals surface area contributed by atoms with E-state index < -0.39 is 6.04 Å². The highest BCUT2D eigenvalue weighted by Crippen LogP contribution is 2.27. The molecule has 172 valence electrons. The fourth-order valence-corrected chi connectivity index (χ4v) is 2.99. The van der Waals surface area contributed by atoms with E-state index in [0.29, 0.717) is 30.9 Å². The number of nitrogens with two attached hydrogens (primary N) is 1. The van der Waals surface area contributed by atoms with Crippen LogP contribution in [0.3, 0.4) is 0 Å². The predicted octanol–water partition coefficient (Wildman–Crippen LogP) is 2.06. The van der Waals surface area contributed by atoms with Crippen LogP contribution in [0.1, 0.15) is 25.0 Å². The second-order valence-electron chi connectivity index (χ2n) is 7.59. The number of rotatable bonds is 10. The van der Waals surface area contributed by atoms with Crippen LogP contribution in [0.5, 0.6) is 11.5 Å². The molecule has 0 aromatic heterocycles. The lowest BCUT2D eigenvalue weighted by Crippen LogP contribution is -2.43. The normalized spacial score (nSPS) is 12.2. The van der Waals surface area contributed by atoms with Gasteiger partial charge in [0.05, 0.1) is 14.2 Å². The fraction of sp³-hybridized carbons (Fsp3) is 0.375. The van der Waals surface area contributed by atoms with Crippen molar-refractivity contribution in [2.45, 2.75) is 32.7 Å². The van der Waals surface area contributed by atoms with Crippen molar-refractivity contribution in [3.8, 4) is 11.5 Å². The average molecular weight is 441 g/mol. The maximum Gasteiger partial charge on any atom is 0.245 e. The van der Waals surface area contributed by atoms with Gasteiger partial charge in [-0.15, -0.1) is 0 Å². The van der Waals surface area contributed by atoms with E-state index in [1.807, 2.05) is 48.5 Å². The highest BCUT2D eigenvalue weighted by molar-refractivity contribution is 5.98. The number of nitrogens with one attached hydrogen (secondary N) is 2. The van der Waals surface area contributed by atoms with E-state index in [-0.39, 0.29) is 23.7 Å². The van der Waals surface area contributed by atoms with Crippen LogP contribution in [0.15, 0.2) is 53.5 Å². The van der Waals surface area contributed by atoms with Crippen molar-refractivity contribution in [3.05, 3.63) is 59.7 Å². The van der Waals surface area contributed by atoms with Crippen molar-refractivity contribution < 1.29 is 19.1 Å². The summed E-state index contributed by atoms with van der Waals surface area (Å²) >= 11 is 0. The maximum absolute atomic E-state index is 12.9. The molecule has 4 N–H and O–H groups in total. The van der Waals surface area contributed by atoms with Crippen LogP contribution in [0, 0.1) is 5.92 Å². The van der Waals surface area contributed by atoms with Crippen LogP contribution in [-0.2, 0) is 22.4 Å². The van der Waals surface area contributed by atoms with Crippen LogP contribution in [0.25, 0.3) is 0 Å². The number of hydrogen-bond donors (Lipinski definition) is 3. The monoisotopic (exact) mass is 440 g/mol. The van der Waals surface area contributed by atoms with Gasteiger partial charge in [0.1, 0.15) is 6.04 Å². The standard InChI is InChI=1S/C24H32N4O4/c1-16(2)22(29)28-24(25)27-19(14-17-8-6-5-7-9-17)23(30)26-13-12-18-10-11-20(31-3)21(15-18)32-4/h5-11,15-16,19H,12-14H2,1-4H3,(H,26,30)(H3,25,27,28,29). The molecule has 0 aliphatic rings. The Morgan fingerprint density at radius 2 is 1.66 bits per heavy atom. The van der Waals surface area contributed by atoms with Crippen LogP contribution < -0.4 is 25.8 Å². The topological polar surface area (TPSA) is 115 Å². The molecule has 1 unspecified atom stereocenters. The molecule has 2 aromatic carbocycles. The summed E-state index contributed by atoms with van der Waals surface area (Å²) in [4.78, 5) is 29.1. The van der Waals surface area contributed by atoms with Crippen molar-refractivity contribution >= 4 is 17.8 Å². The zero-order valence-corrected chi connectivity index (χ0v) is 19.1. The SMILES string of the molecule is COc1ccc(CCNC(=O)C(Cc2ccccc2)N=C(N)NC(=O)C(C)C)cc1OC. The zero-order chi connectivity index (χ0) is 23.5. The Morgan fingerprint density at radius 3 is 2.28 bits per heavy atom. The molecule has 0 aliphatic heterocycles.